The Morgan fingerprint density at radius 3 is 1.93 bits per heavy atom. The molecule has 4 aromatic carbocycles. The second-order valence-electron chi connectivity index (χ2n) is 10.7. The van der Waals surface area contributed by atoms with Crippen LogP contribution in [0, 0.1) is 0 Å². The molecular weight excluding hydrogens is 625 g/mol. The van der Waals surface area contributed by atoms with E-state index in [1.54, 1.807) is 77.7 Å². The molecule has 2 unspecified atom stereocenters. The second-order valence-corrected chi connectivity index (χ2v) is 12.8. The lowest BCUT2D eigenvalue weighted by Crippen LogP contribution is -2.49. The summed E-state index contributed by atoms with van der Waals surface area (Å²) in [5.41, 5.74) is 6.12. The molecular formula is C35H39ClN3O6P. The van der Waals surface area contributed by atoms with Crippen LogP contribution >= 0.6 is 20.0 Å². The standard InChI is InChI=1S/C35H38N3O6P.ClH/c36-25-13-12-24-33(45(41,43-28-17-6-2-7-18-28)44-29-19-8-3-9-20-29)37-34(39)31-22-14-26-38(31)35(40)30-21-10-11-23-32(30)42-27-15-4-1-5-16-27;/h1-11,15-21,23,31,33H,12-14,22,24-26,36H2,(H,37,39);1H. The highest BCUT2D eigenvalue weighted by atomic mass is 35.5. The molecule has 0 spiro atoms. The van der Waals surface area contributed by atoms with Gasteiger partial charge in [0.05, 0.1) is 5.56 Å². The van der Waals surface area contributed by atoms with Crippen molar-refractivity contribution in [2.45, 2.75) is 43.9 Å². The number of nitrogens with one attached hydrogen (secondary N) is 1. The second kappa shape index (κ2) is 16.9. The molecule has 9 nitrogen and oxygen atoms in total. The van der Waals surface area contributed by atoms with E-state index in [2.05, 4.69) is 5.32 Å². The lowest BCUT2D eigenvalue weighted by molar-refractivity contribution is -0.125. The van der Waals surface area contributed by atoms with Crippen molar-refractivity contribution in [3.63, 3.8) is 0 Å². The third-order valence-electron chi connectivity index (χ3n) is 7.48. The smallest absolute Gasteiger partial charge is 0.452 e. The van der Waals surface area contributed by atoms with Crippen molar-refractivity contribution in [2.75, 3.05) is 13.1 Å². The largest absolute Gasteiger partial charge is 0.457 e. The highest BCUT2D eigenvalue weighted by Gasteiger charge is 2.43. The summed E-state index contributed by atoms with van der Waals surface area (Å²) in [6.45, 7) is 0.840. The first-order valence-corrected chi connectivity index (χ1v) is 16.8. The summed E-state index contributed by atoms with van der Waals surface area (Å²) < 4.78 is 32.8. The van der Waals surface area contributed by atoms with Gasteiger partial charge in [-0.1, -0.05) is 66.7 Å². The maximum absolute atomic E-state index is 14.7. The summed E-state index contributed by atoms with van der Waals surface area (Å²) in [5, 5.41) is 2.97. The SMILES string of the molecule is Cl.NCCCCC(NC(=O)C1CCCN1C(=O)c1ccccc1Oc1ccccc1)P(=O)(Oc1ccccc1)Oc1ccccc1. The number of para-hydroxylation sites is 4. The van der Waals surface area contributed by atoms with Gasteiger partial charge in [-0.3, -0.25) is 9.59 Å². The van der Waals surface area contributed by atoms with Gasteiger partial charge < -0.3 is 29.7 Å². The maximum atomic E-state index is 14.7. The van der Waals surface area contributed by atoms with Gasteiger partial charge in [-0.2, -0.15) is 0 Å². The van der Waals surface area contributed by atoms with Crippen molar-refractivity contribution in [2.24, 2.45) is 5.73 Å². The fourth-order valence-electron chi connectivity index (χ4n) is 5.24. The number of carbonyl (C=O) groups is 2. The summed E-state index contributed by atoms with van der Waals surface area (Å²) in [5.74, 6) is -0.0391. The average Bonchev–Trinajstić information content (AvgIpc) is 3.56. The van der Waals surface area contributed by atoms with E-state index in [9.17, 15) is 14.2 Å². The first-order chi connectivity index (χ1) is 22.0. The van der Waals surface area contributed by atoms with Crippen LogP contribution in [0.1, 0.15) is 42.5 Å². The first kappa shape index (κ1) is 34.6. The number of hydrogen-bond acceptors (Lipinski definition) is 7. The van der Waals surface area contributed by atoms with Gasteiger partial charge in [0.1, 0.15) is 29.0 Å². The number of nitrogens with zero attached hydrogens (tertiary/aromatic N) is 1. The number of carbonyl (C=O) groups excluding carboxylic acids is 2. The molecule has 1 fully saturated rings. The van der Waals surface area contributed by atoms with Gasteiger partial charge in [0, 0.05) is 6.54 Å². The zero-order chi connectivity index (χ0) is 31.5. The van der Waals surface area contributed by atoms with Gasteiger partial charge in [0.15, 0.2) is 5.78 Å². The van der Waals surface area contributed by atoms with Crippen molar-refractivity contribution >= 4 is 31.8 Å². The number of amides is 2. The molecule has 1 aliphatic heterocycles. The molecule has 5 rings (SSSR count). The normalized spacial score (nSPS) is 14.9. The Hall–Kier alpha value is -4.30. The van der Waals surface area contributed by atoms with Crippen LogP contribution in [0.4, 0.5) is 0 Å². The zero-order valence-corrected chi connectivity index (χ0v) is 27.1. The van der Waals surface area contributed by atoms with Crippen LogP contribution in [0.15, 0.2) is 115 Å². The number of halogens is 1. The van der Waals surface area contributed by atoms with Gasteiger partial charge in [-0.15, -0.1) is 12.4 Å². The number of benzene rings is 4. The Morgan fingerprint density at radius 2 is 1.35 bits per heavy atom. The lowest BCUT2D eigenvalue weighted by atomic mass is 10.1. The highest BCUT2D eigenvalue weighted by Crippen LogP contribution is 2.53. The molecule has 1 aliphatic rings. The Morgan fingerprint density at radius 1 is 0.804 bits per heavy atom. The van der Waals surface area contributed by atoms with E-state index in [-0.39, 0.29) is 18.3 Å². The van der Waals surface area contributed by atoms with E-state index in [0.29, 0.717) is 73.8 Å². The van der Waals surface area contributed by atoms with Crippen molar-refractivity contribution in [1.29, 1.82) is 0 Å². The van der Waals surface area contributed by atoms with Crippen molar-refractivity contribution in [3.8, 4) is 23.0 Å². The molecule has 2 amide bonds. The van der Waals surface area contributed by atoms with E-state index in [4.69, 9.17) is 19.5 Å². The minimum absolute atomic E-state index is 0. The predicted molar refractivity (Wildman–Crippen MR) is 181 cm³/mol. The van der Waals surface area contributed by atoms with Gasteiger partial charge in [-0.05, 0) is 87.2 Å². The van der Waals surface area contributed by atoms with E-state index in [1.165, 1.54) is 0 Å². The molecule has 242 valence electrons. The minimum atomic E-state index is -4.05. The highest BCUT2D eigenvalue weighted by molar-refractivity contribution is 7.55. The summed E-state index contributed by atoms with van der Waals surface area (Å²) in [4.78, 5) is 29.4. The molecule has 0 bridgehead atoms. The predicted octanol–water partition coefficient (Wildman–Crippen LogP) is 7.43. The summed E-state index contributed by atoms with van der Waals surface area (Å²) in [7, 11) is -4.05. The molecule has 0 aliphatic carbocycles. The van der Waals surface area contributed by atoms with Crippen LogP contribution < -0.4 is 24.8 Å². The van der Waals surface area contributed by atoms with E-state index in [1.807, 2.05) is 42.5 Å². The monoisotopic (exact) mass is 663 g/mol. The van der Waals surface area contributed by atoms with Crippen molar-refractivity contribution < 1.29 is 27.9 Å². The van der Waals surface area contributed by atoms with E-state index < -0.39 is 25.3 Å². The number of ether oxygens (including phenoxy) is 1. The third kappa shape index (κ3) is 8.91. The molecule has 4 aromatic rings. The third-order valence-corrected chi connectivity index (χ3v) is 9.56. The van der Waals surface area contributed by atoms with Crippen molar-refractivity contribution in [3.05, 3.63) is 121 Å². The number of likely N-dealkylation sites (tertiary alicyclic amines) is 1. The molecule has 0 aromatic heterocycles. The van der Waals surface area contributed by atoms with Crippen LogP contribution in [0.3, 0.4) is 0 Å². The molecule has 0 saturated carbocycles. The average molecular weight is 664 g/mol. The van der Waals surface area contributed by atoms with Gasteiger partial charge in [-0.25, -0.2) is 4.57 Å². The minimum Gasteiger partial charge on any atom is -0.457 e. The van der Waals surface area contributed by atoms with Crippen LogP contribution in [0.25, 0.3) is 0 Å². The topological polar surface area (TPSA) is 120 Å². The molecule has 46 heavy (non-hydrogen) atoms. The van der Waals surface area contributed by atoms with E-state index >= 15 is 0 Å². The number of unbranched alkanes of at least 4 members (excludes halogenated alkanes) is 1. The fraction of sp³-hybridized carbons (Fsp3) is 0.257. The molecule has 2 atom stereocenters. The van der Waals surface area contributed by atoms with E-state index in [0.717, 1.165) is 0 Å². The molecule has 1 saturated heterocycles. The Balaban J connectivity index is 0.00000480. The summed E-state index contributed by atoms with van der Waals surface area (Å²) in [6.07, 6.45) is 2.64. The molecule has 0 radical (unpaired) electrons. The van der Waals surface area contributed by atoms with Crippen LogP contribution in [0.2, 0.25) is 0 Å². The number of rotatable bonds is 14. The maximum Gasteiger partial charge on any atom is 0.452 e. The zero-order valence-electron chi connectivity index (χ0n) is 25.4. The lowest BCUT2D eigenvalue weighted by Gasteiger charge is -2.31. The van der Waals surface area contributed by atoms with Crippen molar-refractivity contribution in [1.82, 2.24) is 10.2 Å². The van der Waals surface area contributed by atoms with Gasteiger partial charge in [0.2, 0.25) is 5.91 Å². The first-order valence-electron chi connectivity index (χ1n) is 15.2. The Kier molecular flexibility index (Phi) is 12.7. The summed E-state index contributed by atoms with van der Waals surface area (Å²) in [6, 6.07) is 32.9. The number of nitrogens with two attached hydrogens (primary N) is 1. The van der Waals surface area contributed by atoms with Crippen LogP contribution in [0.5, 0.6) is 23.0 Å². The van der Waals surface area contributed by atoms with Crippen LogP contribution in [-0.2, 0) is 9.36 Å². The molecule has 3 N–H and O–H groups in total. The quantitative estimate of drug-likeness (QED) is 0.106. The molecule has 11 heteroatoms. The summed E-state index contributed by atoms with van der Waals surface area (Å²) >= 11 is 0. The Bertz CT molecular complexity index is 1550. The van der Waals surface area contributed by atoms with Gasteiger partial charge >= 0.3 is 7.60 Å². The molecule has 1 heterocycles. The van der Waals surface area contributed by atoms with Gasteiger partial charge in [0.25, 0.3) is 5.91 Å². The number of hydrogen-bond donors (Lipinski definition) is 2. The Labute approximate surface area is 276 Å². The fourth-order valence-corrected chi connectivity index (χ4v) is 7.15. The van der Waals surface area contributed by atoms with Crippen LogP contribution in [-0.4, -0.2) is 41.6 Å².